The molecule has 0 bridgehead atoms. The van der Waals surface area contributed by atoms with Crippen molar-refractivity contribution in [2.45, 2.75) is 13.3 Å². The zero-order chi connectivity index (χ0) is 13.7. The van der Waals surface area contributed by atoms with Gasteiger partial charge < -0.3 is 4.74 Å². The van der Waals surface area contributed by atoms with Gasteiger partial charge in [-0.2, -0.15) is 0 Å². The lowest BCUT2D eigenvalue weighted by atomic mass is 10.0. The Bertz CT molecular complexity index is 578. The first-order valence-electron chi connectivity index (χ1n) is 6.20. The highest BCUT2D eigenvalue weighted by Crippen LogP contribution is 2.22. The second-order valence-electron chi connectivity index (χ2n) is 4.12. The molecular weight excluding hydrogens is 260 g/mol. The van der Waals surface area contributed by atoms with Crippen molar-refractivity contribution in [3.63, 3.8) is 0 Å². The maximum Gasteiger partial charge on any atom is 0.171 e. The average molecular weight is 275 g/mol. The number of ether oxygens (including phenoxy) is 1. The third-order valence-corrected chi connectivity index (χ3v) is 3.16. The van der Waals surface area contributed by atoms with Crippen LogP contribution >= 0.6 is 11.6 Å². The summed E-state index contributed by atoms with van der Waals surface area (Å²) in [6.07, 6.45) is 0.282. The molecule has 0 saturated heterocycles. The summed E-state index contributed by atoms with van der Waals surface area (Å²) in [5, 5.41) is 0.616. The summed E-state index contributed by atoms with van der Waals surface area (Å²) < 4.78 is 5.47. The molecule has 2 nitrogen and oxygen atoms in total. The zero-order valence-electron chi connectivity index (χ0n) is 10.7. The summed E-state index contributed by atoms with van der Waals surface area (Å²) in [5.41, 5.74) is 1.43. The van der Waals surface area contributed by atoms with Crippen LogP contribution in [0.25, 0.3) is 0 Å². The molecule has 0 aliphatic carbocycles. The van der Waals surface area contributed by atoms with Crippen LogP contribution < -0.4 is 4.74 Å². The van der Waals surface area contributed by atoms with Gasteiger partial charge in [-0.1, -0.05) is 41.9 Å². The second kappa shape index (κ2) is 6.39. The van der Waals surface area contributed by atoms with E-state index in [1.165, 1.54) is 0 Å². The lowest BCUT2D eigenvalue weighted by molar-refractivity contribution is 0.0989. The molecule has 3 heteroatoms. The van der Waals surface area contributed by atoms with Gasteiger partial charge in [0.25, 0.3) is 0 Å². The Balaban J connectivity index is 2.23. The van der Waals surface area contributed by atoms with Crippen molar-refractivity contribution >= 4 is 17.4 Å². The Hall–Kier alpha value is -1.80. The van der Waals surface area contributed by atoms with Gasteiger partial charge in [-0.05, 0) is 30.7 Å². The van der Waals surface area contributed by atoms with Crippen LogP contribution in [0.4, 0.5) is 0 Å². The minimum atomic E-state index is 0.0113. The van der Waals surface area contributed by atoms with Crippen molar-refractivity contribution in [3.8, 4) is 5.75 Å². The van der Waals surface area contributed by atoms with Crippen molar-refractivity contribution in [1.82, 2.24) is 0 Å². The fourth-order valence-corrected chi connectivity index (χ4v) is 2.09. The Morgan fingerprint density at radius 3 is 2.53 bits per heavy atom. The van der Waals surface area contributed by atoms with Gasteiger partial charge in [0.05, 0.1) is 12.2 Å². The van der Waals surface area contributed by atoms with Gasteiger partial charge in [-0.15, -0.1) is 0 Å². The molecule has 0 spiro atoms. The fraction of sp³-hybridized carbons (Fsp3) is 0.188. The lowest BCUT2D eigenvalue weighted by Crippen LogP contribution is -2.07. The Morgan fingerprint density at radius 2 is 1.79 bits per heavy atom. The van der Waals surface area contributed by atoms with E-state index < -0.39 is 0 Å². The van der Waals surface area contributed by atoms with Crippen LogP contribution in [0.15, 0.2) is 48.5 Å². The van der Waals surface area contributed by atoms with Crippen LogP contribution in [0, 0.1) is 0 Å². The Labute approximate surface area is 118 Å². The van der Waals surface area contributed by atoms with Crippen molar-refractivity contribution in [2.24, 2.45) is 0 Å². The van der Waals surface area contributed by atoms with E-state index in [1.807, 2.05) is 43.3 Å². The Kier molecular flexibility index (Phi) is 4.58. The number of hydrogen-bond acceptors (Lipinski definition) is 2. The Morgan fingerprint density at radius 1 is 1.11 bits per heavy atom. The summed E-state index contributed by atoms with van der Waals surface area (Å²) in [6, 6.07) is 14.7. The smallest absolute Gasteiger partial charge is 0.171 e. The van der Waals surface area contributed by atoms with Crippen molar-refractivity contribution in [3.05, 3.63) is 64.7 Å². The van der Waals surface area contributed by atoms with E-state index in [4.69, 9.17) is 16.3 Å². The van der Waals surface area contributed by atoms with Crippen molar-refractivity contribution < 1.29 is 9.53 Å². The summed E-state index contributed by atoms with van der Waals surface area (Å²) in [5.74, 6) is 0.638. The minimum absolute atomic E-state index is 0.0113. The molecule has 2 rings (SSSR count). The first-order chi connectivity index (χ1) is 9.22. The highest BCUT2D eigenvalue weighted by molar-refractivity contribution is 6.31. The highest BCUT2D eigenvalue weighted by Gasteiger charge is 2.13. The number of ketones is 1. The van der Waals surface area contributed by atoms with E-state index in [9.17, 15) is 4.79 Å². The van der Waals surface area contributed by atoms with Gasteiger partial charge in [0.15, 0.2) is 5.78 Å². The van der Waals surface area contributed by atoms with Gasteiger partial charge in [0.2, 0.25) is 0 Å². The summed E-state index contributed by atoms with van der Waals surface area (Å²) >= 11 is 6.07. The van der Waals surface area contributed by atoms with Crippen LogP contribution in [0.3, 0.4) is 0 Å². The fourth-order valence-electron chi connectivity index (χ4n) is 1.89. The zero-order valence-corrected chi connectivity index (χ0v) is 11.5. The molecule has 2 aromatic carbocycles. The number of rotatable bonds is 5. The topological polar surface area (TPSA) is 26.3 Å². The number of hydrogen-bond donors (Lipinski definition) is 0. The molecule has 0 amide bonds. The predicted molar refractivity (Wildman–Crippen MR) is 77.1 cm³/mol. The van der Waals surface area contributed by atoms with Crippen LogP contribution in [0.1, 0.15) is 22.8 Å². The molecule has 0 atom stereocenters. The number of halogens is 1. The molecule has 0 unspecified atom stereocenters. The number of carbonyl (C=O) groups is 1. The van der Waals surface area contributed by atoms with E-state index in [1.54, 1.807) is 12.1 Å². The van der Waals surface area contributed by atoms with Crippen molar-refractivity contribution in [1.29, 1.82) is 0 Å². The summed E-state index contributed by atoms with van der Waals surface area (Å²) in [6.45, 7) is 2.44. The van der Waals surface area contributed by atoms with Crippen LogP contribution in [-0.4, -0.2) is 12.4 Å². The molecule has 0 aliphatic heterocycles. The quantitative estimate of drug-likeness (QED) is 0.765. The molecule has 0 heterocycles. The van der Waals surface area contributed by atoms with Gasteiger partial charge in [0.1, 0.15) is 5.75 Å². The monoisotopic (exact) mass is 274 g/mol. The third kappa shape index (κ3) is 3.36. The maximum absolute atomic E-state index is 12.3. The number of carbonyl (C=O) groups excluding carboxylic acids is 1. The van der Waals surface area contributed by atoms with E-state index >= 15 is 0 Å². The van der Waals surface area contributed by atoms with Crippen LogP contribution in [0.5, 0.6) is 5.75 Å². The lowest BCUT2D eigenvalue weighted by Gasteiger charge is -2.09. The van der Waals surface area contributed by atoms with E-state index in [0.717, 1.165) is 5.56 Å². The first kappa shape index (κ1) is 13.6. The normalized spacial score (nSPS) is 10.2. The molecular formula is C16H15ClO2. The third-order valence-electron chi connectivity index (χ3n) is 2.80. The second-order valence-corrected chi connectivity index (χ2v) is 4.53. The summed E-state index contributed by atoms with van der Waals surface area (Å²) in [4.78, 5) is 12.3. The predicted octanol–water partition coefficient (Wildman–Crippen LogP) is 4.16. The minimum Gasteiger partial charge on any atom is -0.493 e. The molecule has 0 aliphatic rings. The van der Waals surface area contributed by atoms with E-state index in [2.05, 4.69) is 0 Å². The summed E-state index contributed by atoms with van der Waals surface area (Å²) in [7, 11) is 0. The molecule has 19 heavy (non-hydrogen) atoms. The molecule has 0 fully saturated rings. The SMILES string of the molecule is CCOc1ccccc1C(=O)Cc1ccccc1Cl. The molecule has 0 radical (unpaired) electrons. The molecule has 98 valence electrons. The highest BCUT2D eigenvalue weighted by atomic mass is 35.5. The van der Waals surface area contributed by atoms with Crippen LogP contribution in [-0.2, 0) is 6.42 Å². The van der Waals surface area contributed by atoms with Gasteiger partial charge in [0, 0.05) is 11.4 Å². The first-order valence-corrected chi connectivity index (χ1v) is 6.58. The molecule has 0 saturated carbocycles. The molecule has 0 N–H and O–H groups in total. The number of para-hydroxylation sites is 1. The number of benzene rings is 2. The van der Waals surface area contributed by atoms with Crippen LogP contribution in [0.2, 0.25) is 5.02 Å². The standard InChI is InChI=1S/C16H15ClO2/c1-2-19-16-10-6-4-8-13(16)15(18)11-12-7-3-5-9-14(12)17/h3-10H,2,11H2,1H3. The average Bonchev–Trinajstić information content (AvgIpc) is 2.42. The van der Waals surface area contributed by atoms with Gasteiger partial charge in [-0.3, -0.25) is 4.79 Å². The molecule has 0 aromatic heterocycles. The van der Waals surface area contributed by atoms with Crippen molar-refractivity contribution in [2.75, 3.05) is 6.61 Å². The van der Waals surface area contributed by atoms with E-state index in [0.29, 0.717) is 22.9 Å². The van der Waals surface area contributed by atoms with E-state index in [-0.39, 0.29) is 12.2 Å². The van der Waals surface area contributed by atoms with Gasteiger partial charge >= 0.3 is 0 Å². The maximum atomic E-state index is 12.3. The van der Waals surface area contributed by atoms with Gasteiger partial charge in [-0.25, -0.2) is 0 Å². The largest absolute Gasteiger partial charge is 0.493 e. The number of Topliss-reactive ketones (excluding diaryl/α,β-unsaturated/α-hetero) is 1. The molecule has 2 aromatic rings.